The molecule has 0 aromatic heterocycles. The largest absolute Gasteiger partial charge is 0.310 e. The van der Waals surface area contributed by atoms with Gasteiger partial charge in [0.25, 0.3) is 0 Å². The van der Waals surface area contributed by atoms with Gasteiger partial charge in [-0.25, -0.2) is 0 Å². The van der Waals surface area contributed by atoms with Gasteiger partial charge >= 0.3 is 0 Å². The maximum atomic E-state index is 6.20. The van der Waals surface area contributed by atoms with Gasteiger partial charge in [-0.05, 0) is 88.0 Å². The predicted molar refractivity (Wildman–Crippen MR) is 169 cm³/mol. The molecule has 6 aromatic rings. The van der Waals surface area contributed by atoms with E-state index in [0.717, 1.165) is 27.6 Å². The molecule has 188 valence electrons. The molecule has 0 saturated heterocycles. The Morgan fingerprint density at radius 2 is 1.15 bits per heavy atom. The lowest BCUT2D eigenvalue weighted by Gasteiger charge is -2.27. The maximum Gasteiger partial charge on any atom is 0.0490 e. The molecule has 0 spiro atoms. The van der Waals surface area contributed by atoms with Crippen LogP contribution in [0, 0.1) is 6.92 Å². The smallest absolute Gasteiger partial charge is 0.0490 e. The van der Waals surface area contributed by atoms with Gasteiger partial charge in [-0.3, -0.25) is 0 Å². The van der Waals surface area contributed by atoms with E-state index < -0.39 is 0 Å². The first-order valence-electron chi connectivity index (χ1n) is 13.1. The van der Waals surface area contributed by atoms with Crippen molar-refractivity contribution in [2.45, 2.75) is 6.92 Å². The van der Waals surface area contributed by atoms with Crippen molar-refractivity contribution in [1.82, 2.24) is 0 Å². The first-order valence-corrected chi connectivity index (χ1v) is 13.5. The summed E-state index contributed by atoms with van der Waals surface area (Å²) in [5.41, 5.74) is 9.37. The van der Waals surface area contributed by atoms with E-state index in [2.05, 4.69) is 151 Å². The maximum absolute atomic E-state index is 6.20. The van der Waals surface area contributed by atoms with Gasteiger partial charge in [0.15, 0.2) is 0 Å². The Morgan fingerprint density at radius 1 is 0.538 bits per heavy atom. The van der Waals surface area contributed by atoms with Gasteiger partial charge < -0.3 is 4.90 Å². The molecule has 0 atom stereocenters. The zero-order valence-corrected chi connectivity index (χ0v) is 22.5. The molecule has 0 aliphatic heterocycles. The van der Waals surface area contributed by atoms with Crippen LogP contribution in [0.2, 0.25) is 5.02 Å². The van der Waals surface area contributed by atoms with Crippen molar-refractivity contribution >= 4 is 51.6 Å². The quantitative estimate of drug-likeness (QED) is 0.197. The van der Waals surface area contributed by atoms with Gasteiger partial charge in [0.05, 0.1) is 0 Å². The van der Waals surface area contributed by atoms with E-state index in [0.29, 0.717) is 0 Å². The Hall–Kier alpha value is -4.59. The van der Waals surface area contributed by atoms with Gasteiger partial charge in [0.2, 0.25) is 0 Å². The van der Waals surface area contributed by atoms with Crippen LogP contribution in [0.5, 0.6) is 0 Å². The Balaban J connectivity index is 1.33. The van der Waals surface area contributed by atoms with Gasteiger partial charge in [0.1, 0.15) is 0 Å². The first kappa shape index (κ1) is 24.7. The zero-order chi connectivity index (χ0) is 26.6. The summed E-state index contributed by atoms with van der Waals surface area (Å²) in [6.45, 7) is 2.14. The highest BCUT2D eigenvalue weighted by Crippen LogP contribution is 2.37. The predicted octanol–water partition coefficient (Wildman–Crippen LogP) is 11.1. The summed E-state index contributed by atoms with van der Waals surface area (Å²) in [7, 11) is 0. The van der Waals surface area contributed by atoms with Crippen molar-refractivity contribution in [1.29, 1.82) is 0 Å². The standard InChI is InChI=1S/C37H28ClN/c1-27-9-5-8-14-37(27)39(33-24-20-31(38)21-25-33)32-22-16-28(17-23-32)15-18-30-19-26-35(29-10-3-2-4-11-29)36-13-7-6-12-34(30)36/h2-26H,1H3/b18-15+. The Morgan fingerprint density at radius 3 is 1.87 bits per heavy atom. The van der Waals surface area contributed by atoms with Crippen LogP contribution in [-0.2, 0) is 0 Å². The van der Waals surface area contributed by atoms with Gasteiger partial charge in [-0.2, -0.15) is 0 Å². The van der Waals surface area contributed by atoms with Crippen molar-refractivity contribution in [3.05, 3.63) is 161 Å². The summed E-state index contributed by atoms with van der Waals surface area (Å²) >= 11 is 6.20. The van der Waals surface area contributed by atoms with Crippen LogP contribution in [0.1, 0.15) is 16.7 Å². The minimum absolute atomic E-state index is 0.730. The average Bonchev–Trinajstić information content (AvgIpc) is 2.99. The molecule has 0 radical (unpaired) electrons. The topological polar surface area (TPSA) is 3.24 Å². The number of rotatable bonds is 6. The van der Waals surface area contributed by atoms with E-state index in [1.54, 1.807) is 0 Å². The molecule has 0 aliphatic carbocycles. The first-order chi connectivity index (χ1) is 19.2. The summed E-state index contributed by atoms with van der Waals surface area (Å²) in [6, 6.07) is 48.8. The summed E-state index contributed by atoms with van der Waals surface area (Å²) < 4.78 is 0. The van der Waals surface area contributed by atoms with Crippen LogP contribution < -0.4 is 4.90 Å². The number of anilines is 3. The molecule has 0 bridgehead atoms. The Kier molecular flexibility index (Phi) is 6.99. The van der Waals surface area contributed by atoms with Crippen molar-refractivity contribution in [3.8, 4) is 11.1 Å². The normalized spacial score (nSPS) is 11.2. The van der Waals surface area contributed by atoms with E-state index in [1.165, 1.54) is 33.0 Å². The molecule has 39 heavy (non-hydrogen) atoms. The van der Waals surface area contributed by atoms with Crippen molar-refractivity contribution < 1.29 is 0 Å². The third-order valence-electron chi connectivity index (χ3n) is 7.09. The Bertz CT molecular complexity index is 1750. The highest BCUT2D eigenvalue weighted by molar-refractivity contribution is 6.30. The number of hydrogen-bond donors (Lipinski definition) is 0. The summed E-state index contributed by atoms with van der Waals surface area (Å²) in [6.07, 6.45) is 4.40. The van der Waals surface area contributed by atoms with Crippen LogP contribution >= 0.6 is 11.6 Å². The second kappa shape index (κ2) is 11.0. The molecule has 0 N–H and O–H groups in total. The molecular weight excluding hydrogens is 494 g/mol. The number of aryl methyl sites for hydroxylation is 1. The Labute approximate surface area is 235 Å². The molecule has 0 amide bonds. The minimum atomic E-state index is 0.730. The van der Waals surface area contributed by atoms with Gasteiger partial charge in [0, 0.05) is 22.1 Å². The highest BCUT2D eigenvalue weighted by atomic mass is 35.5. The molecule has 0 heterocycles. The highest BCUT2D eigenvalue weighted by Gasteiger charge is 2.14. The number of benzene rings is 6. The molecule has 2 heteroatoms. The van der Waals surface area contributed by atoms with E-state index in [9.17, 15) is 0 Å². The summed E-state index contributed by atoms with van der Waals surface area (Å²) in [4.78, 5) is 2.27. The molecule has 0 saturated carbocycles. The SMILES string of the molecule is Cc1ccccc1N(c1ccc(Cl)cc1)c1ccc(/C=C/c2ccc(-c3ccccc3)c3ccccc23)cc1. The van der Waals surface area contributed by atoms with E-state index in [1.807, 2.05) is 12.1 Å². The molecule has 6 rings (SSSR count). The van der Waals surface area contributed by atoms with E-state index in [4.69, 9.17) is 11.6 Å². The lowest BCUT2D eigenvalue weighted by molar-refractivity contribution is 1.25. The third-order valence-corrected chi connectivity index (χ3v) is 7.34. The fourth-order valence-corrected chi connectivity index (χ4v) is 5.22. The molecule has 0 aliphatic rings. The molecule has 0 fully saturated rings. The van der Waals surface area contributed by atoms with E-state index >= 15 is 0 Å². The van der Waals surface area contributed by atoms with Crippen LogP contribution in [0.25, 0.3) is 34.1 Å². The lowest BCUT2D eigenvalue weighted by Crippen LogP contribution is -2.11. The van der Waals surface area contributed by atoms with Gasteiger partial charge in [-0.1, -0.05) is 121 Å². The second-order valence-corrected chi connectivity index (χ2v) is 10.1. The van der Waals surface area contributed by atoms with Crippen LogP contribution in [0.3, 0.4) is 0 Å². The number of fused-ring (bicyclic) bond motifs is 1. The monoisotopic (exact) mass is 521 g/mol. The van der Waals surface area contributed by atoms with Gasteiger partial charge in [-0.15, -0.1) is 0 Å². The number of halogens is 1. The van der Waals surface area contributed by atoms with Crippen molar-refractivity contribution in [3.63, 3.8) is 0 Å². The zero-order valence-electron chi connectivity index (χ0n) is 21.8. The van der Waals surface area contributed by atoms with Crippen LogP contribution in [0.15, 0.2) is 140 Å². The lowest BCUT2D eigenvalue weighted by atomic mass is 9.94. The minimum Gasteiger partial charge on any atom is -0.310 e. The third kappa shape index (κ3) is 5.23. The van der Waals surface area contributed by atoms with Crippen molar-refractivity contribution in [2.24, 2.45) is 0 Å². The molecule has 0 unspecified atom stereocenters. The number of hydrogen-bond acceptors (Lipinski definition) is 1. The fraction of sp³-hybridized carbons (Fsp3) is 0.0270. The van der Waals surface area contributed by atoms with Crippen LogP contribution in [-0.4, -0.2) is 0 Å². The molecular formula is C37H28ClN. The van der Waals surface area contributed by atoms with Crippen LogP contribution in [0.4, 0.5) is 17.1 Å². The number of nitrogens with zero attached hydrogens (tertiary/aromatic N) is 1. The van der Waals surface area contributed by atoms with Crippen molar-refractivity contribution in [2.75, 3.05) is 4.90 Å². The summed E-state index contributed by atoms with van der Waals surface area (Å²) in [5, 5.41) is 3.24. The number of para-hydroxylation sites is 1. The molecule has 1 nitrogen and oxygen atoms in total. The fourth-order valence-electron chi connectivity index (χ4n) is 5.09. The second-order valence-electron chi connectivity index (χ2n) is 9.64. The van der Waals surface area contributed by atoms with E-state index in [-0.39, 0.29) is 0 Å². The average molecular weight is 522 g/mol. The summed E-state index contributed by atoms with van der Waals surface area (Å²) in [5.74, 6) is 0. The molecule has 6 aromatic carbocycles.